The molecule has 1 amide bonds. The number of aryl methyl sites for hydroxylation is 1. The van der Waals surface area contributed by atoms with Crippen molar-refractivity contribution in [2.75, 3.05) is 53.0 Å². The summed E-state index contributed by atoms with van der Waals surface area (Å²) >= 11 is 0. The highest BCUT2D eigenvalue weighted by Gasteiger charge is 2.19. The Labute approximate surface area is 235 Å². The quantitative estimate of drug-likeness (QED) is 0.278. The Hall–Kier alpha value is -3.88. The molecule has 0 spiro atoms. The maximum absolute atomic E-state index is 13.5. The van der Waals surface area contributed by atoms with Gasteiger partial charge in [0.25, 0.3) is 5.91 Å². The highest BCUT2D eigenvalue weighted by molar-refractivity contribution is 6.08. The van der Waals surface area contributed by atoms with Gasteiger partial charge in [0, 0.05) is 57.4 Å². The van der Waals surface area contributed by atoms with Crippen molar-refractivity contribution in [3.05, 3.63) is 95.9 Å². The van der Waals surface area contributed by atoms with Crippen LogP contribution in [0.2, 0.25) is 0 Å². The van der Waals surface area contributed by atoms with Gasteiger partial charge in [-0.2, -0.15) is 0 Å². The van der Waals surface area contributed by atoms with Crippen molar-refractivity contribution in [3.8, 4) is 11.5 Å². The number of benzene rings is 3. The molecular weight excluding hydrogens is 507 g/mol. The van der Waals surface area contributed by atoms with Crippen LogP contribution < -0.4 is 14.8 Å². The summed E-state index contributed by atoms with van der Waals surface area (Å²) in [6.45, 7) is 7.81. The van der Waals surface area contributed by atoms with Gasteiger partial charge in [-0.15, -0.1) is 0 Å². The number of piperazine rings is 1. The number of nitrogens with zero attached hydrogens (tertiary/aromatic N) is 3. The van der Waals surface area contributed by atoms with Crippen LogP contribution >= 0.6 is 0 Å². The molecule has 2 heterocycles. The Morgan fingerprint density at radius 2 is 1.65 bits per heavy atom. The van der Waals surface area contributed by atoms with E-state index < -0.39 is 0 Å². The van der Waals surface area contributed by atoms with Crippen molar-refractivity contribution in [1.29, 1.82) is 0 Å². The Morgan fingerprint density at radius 1 is 0.900 bits per heavy atom. The zero-order valence-corrected chi connectivity index (χ0v) is 23.0. The molecule has 1 fully saturated rings. The molecule has 8 heteroatoms. The molecule has 3 aromatic carbocycles. The summed E-state index contributed by atoms with van der Waals surface area (Å²) in [6.07, 6.45) is 2.88. The lowest BCUT2D eigenvalue weighted by Crippen LogP contribution is -2.47. The molecule has 0 bridgehead atoms. The van der Waals surface area contributed by atoms with E-state index in [-0.39, 0.29) is 18.3 Å². The van der Waals surface area contributed by atoms with Gasteiger partial charge in [0.1, 0.15) is 23.9 Å². The van der Waals surface area contributed by atoms with E-state index in [0.29, 0.717) is 12.2 Å². The van der Waals surface area contributed by atoms with Crippen LogP contribution in [0.25, 0.3) is 10.9 Å². The molecule has 4 aromatic rings. The third-order valence-corrected chi connectivity index (χ3v) is 7.43. The van der Waals surface area contributed by atoms with E-state index in [9.17, 15) is 9.18 Å². The third-order valence-electron chi connectivity index (χ3n) is 7.43. The van der Waals surface area contributed by atoms with Gasteiger partial charge in [-0.3, -0.25) is 9.69 Å². The van der Waals surface area contributed by atoms with E-state index in [0.717, 1.165) is 80.2 Å². The maximum Gasteiger partial charge on any atom is 0.253 e. The van der Waals surface area contributed by atoms with Crippen LogP contribution in [0.5, 0.6) is 11.5 Å². The summed E-state index contributed by atoms with van der Waals surface area (Å²) in [5.74, 6) is 1.16. The summed E-state index contributed by atoms with van der Waals surface area (Å²) in [5.41, 5.74) is 2.24. The van der Waals surface area contributed by atoms with Gasteiger partial charge in [-0.25, -0.2) is 4.39 Å². The molecule has 0 aliphatic carbocycles. The second-order valence-electron chi connectivity index (χ2n) is 10.1. The predicted octanol–water partition coefficient (Wildman–Crippen LogP) is 4.81. The molecule has 5 rings (SSSR count). The van der Waals surface area contributed by atoms with Crippen molar-refractivity contribution in [3.63, 3.8) is 0 Å². The topological polar surface area (TPSA) is 59.0 Å². The number of methoxy groups -OCH3 is 1. The molecule has 0 saturated carbocycles. The van der Waals surface area contributed by atoms with Crippen molar-refractivity contribution in [2.24, 2.45) is 0 Å². The number of amides is 1. The van der Waals surface area contributed by atoms with Crippen LogP contribution in [0.1, 0.15) is 22.3 Å². The number of hydrogen-bond acceptors (Lipinski definition) is 5. The van der Waals surface area contributed by atoms with Crippen LogP contribution in [-0.4, -0.2) is 73.3 Å². The average molecular weight is 545 g/mol. The minimum absolute atomic E-state index is 0.186. The second-order valence-corrected chi connectivity index (χ2v) is 10.1. The van der Waals surface area contributed by atoms with Gasteiger partial charge in [0.2, 0.25) is 0 Å². The van der Waals surface area contributed by atoms with Crippen molar-refractivity contribution >= 4 is 16.8 Å². The van der Waals surface area contributed by atoms with Crippen LogP contribution in [0, 0.1) is 5.82 Å². The first-order valence-electron chi connectivity index (χ1n) is 13.9. The van der Waals surface area contributed by atoms with Gasteiger partial charge in [0.15, 0.2) is 0 Å². The number of hydrogen-bond donors (Lipinski definition) is 1. The first kappa shape index (κ1) is 27.7. The third kappa shape index (κ3) is 7.00. The molecular formula is C32H37FN4O3. The Morgan fingerprint density at radius 3 is 2.40 bits per heavy atom. The molecule has 0 atom stereocenters. The maximum atomic E-state index is 13.5. The minimum Gasteiger partial charge on any atom is -0.495 e. The van der Waals surface area contributed by atoms with Gasteiger partial charge in [-0.1, -0.05) is 42.5 Å². The second kappa shape index (κ2) is 13.5. The van der Waals surface area contributed by atoms with Gasteiger partial charge in [-0.05, 0) is 48.9 Å². The van der Waals surface area contributed by atoms with Gasteiger partial charge in [0.05, 0.1) is 18.2 Å². The fourth-order valence-corrected chi connectivity index (χ4v) is 5.28. The molecule has 0 unspecified atom stereocenters. The van der Waals surface area contributed by atoms with Crippen molar-refractivity contribution < 1.29 is 18.7 Å². The Balaban J connectivity index is 1.14. The summed E-state index contributed by atoms with van der Waals surface area (Å²) < 4.78 is 27.2. The van der Waals surface area contributed by atoms with Crippen molar-refractivity contribution in [2.45, 2.75) is 19.5 Å². The highest BCUT2D eigenvalue weighted by Crippen LogP contribution is 2.30. The average Bonchev–Trinajstić information content (AvgIpc) is 3.36. The standard InChI is InChI=1S/C32H37FN4O3/c1-39-30-13-6-12-28-29(32(38)34-23-25-8-5-9-26(33)22-25)24-37(31(28)30)15-7-14-35-16-18-36(19-17-35)20-21-40-27-10-3-2-4-11-27/h2-6,8-13,22,24H,7,14-21,23H2,1H3,(H,34,38). The largest absolute Gasteiger partial charge is 0.495 e. The monoisotopic (exact) mass is 544 g/mol. The fraction of sp³-hybridized carbons (Fsp3) is 0.344. The summed E-state index contributed by atoms with van der Waals surface area (Å²) in [4.78, 5) is 18.1. The summed E-state index contributed by atoms with van der Waals surface area (Å²) in [6, 6.07) is 22.0. The number of rotatable bonds is 12. The van der Waals surface area contributed by atoms with Gasteiger partial charge >= 0.3 is 0 Å². The molecule has 7 nitrogen and oxygen atoms in total. The molecule has 1 saturated heterocycles. The molecule has 210 valence electrons. The number of fused-ring (bicyclic) bond motifs is 1. The molecule has 1 aromatic heterocycles. The van der Waals surface area contributed by atoms with Crippen LogP contribution in [0.4, 0.5) is 4.39 Å². The normalized spacial score (nSPS) is 14.3. The molecule has 1 aliphatic heterocycles. The van der Waals surface area contributed by atoms with Crippen LogP contribution in [0.15, 0.2) is 79.0 Å². The number of para-hydroxylation sites is 2. The first-order chi connectivity index (χ1) is 19.6. The smallest absolute Gasteiger partial charge is 0.253 e. The Kier molecular flexibility index (Phi) is 9.31. The van der Waals surface area contributed by atoms with E-state index in [2.05, 4.69) is 19.7 Å². The number of carbonyl (C=O) groups is 1. The number of aromatic nitrogens is 1. The number of nitrogens with one attached hydrogen (secondary N) is 1. The lowest BCUT2D eigenvalue weighted by molar-refractivity contribution is 0.0952. The predicted molar refractivity (Wildman–Crippen MR) is 155 cm³/mol. The van der Waals surface area contributed by atoms with Crippen molar-refractivity contribution in [1.82, 2.24) is 19.7 Å². The van der Waals surface area contributed by atoms with E-state index in [1.54, 1.807) is 19.2 Å². The van der Waals surface area contributed by atoms with E-state index in [1.165, 1.54) is 12.1 Å². The molecule has 40 heavy (non-hydrogen) atoms. The molecule has 1 aliphatic rings. The number of halogens is 1. The highest BCUT2D eigenvalue weighted by atomic mass is 19.1. The van der Waals surface area contributed by atoms with Crippen LogP contribution in [0.3, 0.4) is 0 Å². The summed E-state index contributed by atoms with van der Waals surface area (Å²) in [7, 11) is 1.65. The minimum atomic E-state index is -0.313. The summed E-state index contributed by atoms with van der Waals surface area (Å²) in [5, 5.41) is 3.79. The Bertz CT molecular complexity index is 1400. The fourth-order valence-electron chi connectivity index (χ4n) is 5.28. The molecule has 0 radical (unpaired) electrons. The first-order valence-corrected chi connectivity index (χ1v) is 13.9. The van der Waals surface area contributed by atoms with E-state index >= 15 is 0 Å². The van der Waals surface area contributed by atoms with E-state index in [1.807, 2.05) is 54.7 Å². The lowest BCUT2D eigenvalue weighted by atomic mass is 10.1. The molecule has 1 N–H and O–H groups in total. The number of ether oxygens (including phenoxy) is 2. The van der Waals surface area contributed by atoms with Crippen LogP contribution in [-0.2, 0) is 13.1 Å². The number of carbonyl (C=O) groups excluding carboxylic acids is 1. The SMILES string of the molecule is COc1cccc2c(C(=O)NCc3cccc(F)c3)cn(CCCN3CCN(CCOc4ccccc4)CC3)c12. The van der Waals surface area contributed by atoms with E-state index in [4.69, 9.17) is 9.47 Å². The zero-order valence-electron chi connectivity index (χ0n) is 23.0. The van der Waals surface area contributed by atoms with Gasteiger partial charge < -0.3 is 24.3 Å². The zero-order chi connectivity index (χ0) is 27.7. The lowest BCUT2D eigenvalue weighted by Gasteiger charge is -2.34.